The Bertz CT molecular complexity index is 784. The molecule has 0 aromatic heterocycles. The van der Waals surface area contributed by atoms with Crippen molar-refractivity contribution in [2.24, 2.45) is 0 Å². The summed E-state index contributed by atoms with van der Waals surface area (Å²) in [6, 6.07) is 14.1. The van der Waals surface area contributed by atoms with E-state index in [1.54, 1.807) is 43.4 Å². The van der Waals surface area contributed by atoms with E-state index in [4.69, 9.17) is 16.3 Å². The molecule has 0 saturated carbocycles. The van der Waals surface area contributed by atoms with Gasteiger partial charge >= 0.3 is 0 Å². The molecule has 1 aliphatic heterocycles. The zero-order valence-electron chi connectivity index (χ0n) is 14.6. The fraction of sp³-hybridized carbons (Fsp3) is 0.300. The van der Waals surface area contributed by atoms with E-state index in [0.29, 0.717) is 29.2 Å². The normalized spacial score (nSPS) is 14.8. The highest BCUT2D eigenvalue weighted by atomic mass is 35.5. The van der Waals surface area contributed by atoms with Gasteiger partial charge in [0.1, 0.15) is 11.9 Å². The fourth-order valence-electron chi connectivity index (χ4n) is 3.00. The first kappa shape index (κ1) is 18.3. The molecule has 1 saturated heterocycles. The molecule has 6 heteroatoms. The number of hydrogen-bond donors (Lipinski definition) is 1. The molecule has 0 spiro atoms. The Labute approximate surface area is 157 Å². The van der Waals surface area contributed by atoms with Crippen LogP contribution in [0.2, 0.25) is 5.02 Å². The first-order chi connectivity index (χ1) is 12.6. The van der Waals surface area contributed by atoms with E-state index in [0.717, 1.165) is 18.6 Å². The molecule has 0 atom stereocenters. The predicted octanol–water partition coefficient (Wildman–Crippen LogP) is 3.38. The lowest BCUT2D eigenvalue weighted by Gasteiger charge is -2.32. The number of ether oxygens (including phenoxy) is 1. The highest BCUT2D eigenvalue weighted by Crippen LogP contribution is 2.22. The topological polar surface area (TPSA) is 58.6 Å². The van der Waals surface area contributed by atoms with Crippen molar-refractivity contribution >= 4 is 23.4 Å². The number of carbonyl (C=O) groups excluding carboxylic acids is 2. The van der Waals surface area contributed by atoms with Gasteiger partial charge in [-0.15, -0.1) is 0 Å². The van der Waals surface area contributed by atoms with Gasteiger partial charge in [0.25, 0.3) is 11.8 Å². The van der Waals surface area contributed by atoms with Gasteiger partial charge in [0.2, 0.25) is 0 Å². The largest absolute Gasteiger partial charge is 0.490 e. The van der Waals surface area contributed by atoms with Gasteiger partial charge in [-0.25, -0.2) is 0 Å². The van der Waals surface area contributed by atoms with Crippen LogP contribution in [0.15, 0.2) is 48.5 Å². The summed E-state index contributed by atoms with van der Waals surface area (Å²) in [5, 5.41) is 3.25. The van der Waals surface area contributed by atoms with Crippen LogP contribution in [0.25, 0.3) is 0 Å². The summed E-state index contributed by atoms with van der Waals surface area (Å²) in [6.45, 7) is 1.25. The van der Waals surface area contributed by atoms with Crippen LogP contribution in [0.5, 0.6) is 5.75 Å². The summed E-state index contributed by atoms with van der Waals surface area (Å²) in [7, 11) is 1.57. The van der Waals surface area contributed by atoms with E-state index >= 15 is 0 Å². The minimum atomic E-state index is -0.199. The number of halogens is 1. The van der Waals surface area contributed by atoms with Crippen LogP contribution >= 0.6 is 11.6 Å². The van der Waals surface area contributed by atoms with Crippen LogP contribution in [0.4, 0.5) is 0 Å². The smallest absolute Gasteiger partial charge is 0.253 e. The molecular weight excluding hydrogens is 352 g/mol. The molecule has 2 aromatic rings. The van der Waals surface area contributed by atoms with Crippen molar-refractivity contribution in [2.75, 3.05) is 20.1 Å². The first-order valence-electron chi connectivity index (χ1n) is 8.60. The Morgan fingerprint density at radius 3 is 2.38 bits per heavy atom. The van der Waals surface area contributed by atoms with Gasteiger partial charge in [-0.05, 0) is 42.5 Å². The van der Waals surface area contributed by atoms with Gasteiger partial charge < -0.3 is 15.0 Å². The monoisotopic (exact) mass is 372 g/mol. The van der Waals surface area contributed by atoms with E-state index in [1.165, 1.54) is 0 Å². The number of nitrogens with zero attached hydrogens (tertiary/aromatic N) is 1. The summed E-state index contributed by atoms with van der Waals surface area (Å²) < 4.78 is 5.96. The molecular formula is C20H21ClN2O3. The molecule has 1 fully saturated rings. The molecule has 5 nitrogen and oxygen atoms in total. The molecule has 0 bridgehead atoms. The van der Waals surface area contributed by atoms with E-state index in [9.17, 15) is 9.59 Å². The quantitative estimate of drug-likeness (QED) is 0.895. The average molecular weight is 373 g/mol. The third-order valence-electron chi connectivity index (χ3n) is 4.44. The van der Waals surface area contributed by atoms with E-state index in [2.05, 4.69) is 5.32 Å². The lowest BCUT2D eigenvalue weighted by Crippen LogP contribution is -2.41. The maximum atomic E-state index is 12.7. The lowest BCUT2D eigenvalue weighted by molar-refractivity contribution is 0.0595. The molecule has 2 amide bonds. The highest BCUT2D eigenvalue weighted by Gasteiger charge is 2.25. The number of likely N-dealkylation sites (tertiary alicyclic amines) is 1. The van der Waals surface area contributed by atoms with Crippen LogP contribution in [0.1, 0.15) is 33.6 Å². The van der Waals surface area contributed by atoms with Crippen molar-refractivity contribution < 1.29 is 14.3 Å². The van der Waals surface area contributed by atoms with Crippen molar-refractivity contribution in [3.05, 3.63) is 64.7 Å². The van der Waals surface area contributed by atoms with Crippen LogP contribution in [-0.2, 0) is 0 Å². The molecule has 1 aliphatic rings. The summed E-state index contributed by atoms with van der Waals surface area (Å²) in [6.07, 6.45) is 1.62. The number of carbonyl (C=O) groups is 2. The van der Waals surface area contributed by atoms with E-state index in [1.807, 2.05) is 17.0 Å². The molecule has 136 valence electrons. The van der Waals surface area contributed by atoms with Crippen LogP contribution in [0.3, 0.4) is 0 Å². The second-order valence-corrected chi connectivity index (χ2v) is 6.66. The average Bonchev–Trinajstić information content (AvgIpc) is 2.69. The maximum Gasteiger partial charge on any atom is 0.253 e. The predicted molar refractivity (Wildman–Crippen MR) is 101 cm³/mol. The first-order valence-corrected chi connectivity index (χ1v) is 8.98. The van der Waals surface area contributed by atoms with Gasteiger partial charge in [0.15, 0.2) is 0 Å². The lowest BCUT2D eigenvalue weighted by atomic mass is 10.0. The Balaban J connectivity index is 1.58. The SMILES string of the molecule is CNC(=O)c1cccc(C(=O)N2CCC(Oc3ccc(Cl)cc3)CC2)c1. The summed E-state index contributed by atoms with van der Waals surface area (Å²) >= 11 is 5.88. The van der Waals surface area contributed by atoms with Crippen molar-refractivity contribution in [2.45, 2.75) is 18.9 Å². The highest BCUT2D eigenvalue weighted by molar-refractivity contribution is 6.30. The van der Waals surface area contributed by atoms with E-state index in [-0.39, 0.29) is 17.9 Å². The zero-order chi connectivity index (χ0) is 18.5. The standard InChI is InChI=1S/C20H21ClN2O3/c1-22-19(24)14-3-2-4-15(13-14)20(25)23-11-9-18(10-12-23)26-17-7-5-16(21)6-8-17/h2-8,13,18H,9-12H2,1H3,(H,22,24). The molecule has 1 heterocycles. The van der Waals surface area contributed by atoms with Crippen molar-refractivity contribution in [3.8, 4) is 5.75 Å². The fourth-order valence-corrected chi connectivity index (χ4v) is 3.13. The van der Waals surface area contributed by atoms with Crippen LogP contribution in [0, 0.1) is 0 Å². The van der Waals surface area contributed by atoms with Gasteiger partial charge in [0, 0.05) is 49.1 Å². The second-order valence-electron chi connectivity index (χ2n) is 6.22. The van der Waals surface area contributed by atoms with Crippen molar-refractivity contribution in [3.63, 3.8) is 0 Å². The minimum Gasteiger partial charge on any atom is -0.490 e. The van der Waals surface area contributed by atoms with Crippen molar-refractivity contribution in [1.82, 2.24) is 10.2 Å². The van der Waals surface area contributed by atoms with Gasteiger partial charge in [-0.3, -0.25) is 9.59 Å². The molecule has 0 aliphatic carbocycles. The maximum absolute atomic E-state index is 12.7. The third kappa shape index (κ3) is 4.35. The van der Waals surface area contributed by atoms with Gasteiger partial charge in [-0.1, -0.05) is 17.7 Å². The molecule has 2 aromatic carbocycles. The van der Waals surface area contributed by atoms with Crippen LogP contribution in [-0.4, -0.2) is 43.0 Å². The van der Waals surface area contributed by atoms with Crippen LogP contribution < -0.4 is 10.1 Å². The number of piperidine rings is 1. The number of hydrogen-bond acceptors (Lipinski definition) is 3. The molecule has 0 unspecified atom stereocenters. The molecule has 3 rings (SSSR count). The minimum absolute atomic E-state index is 0.0549. The molecule has 1 N–H and O–H groups in total. The number of nitrogens with one attached hydrogen (secondary N) is 1. The Kier molecular flexibility index (Phi) is 5.78. The Morgan fingerprint density at radius 1 is 1.08 bits per heavy atom. The number of benzene rings is 2. The number of rotatable bonds is 4. The van der Waals surface area contributed by atoms with Gasteiger partial charge in [0.05, 0.1) is 0 Å². The van der Waals surface area contributed by atoms with E-state index < -0.39 is 0 Å². The summed E-state index contributed by atoms with van der Waals surface area (Å²) in [5.74, 6) is 0.535. The summed E-state index contributed by atoms with van der Waals surface area (Å²) in [5.41, 5.74) is 1.02. The Hall–Kier alpha value is -2.53. The molecule has 0 radical (unpaired) electrons. The zero-order valence-corrected chi connectivity index (χ0v) is 15.3. The van der Waals surface area contributed by atoms with Gasteiger partial charge in [-0.2, -0.15) is 0 Å². The van der Waals surface area contributed by atoms with Crippen molar-refractivity contribution in [1.29, 1.82) is 0 Å². The number of amides is 2. The summed E-state index contributed by atoms with van der Waals surface area (Å²) in [4.78, 5) is 26.3. The molecule has 26 heavy (non-hydrogen) atoms. The third-order valence-corrected chi connectivity index (χ3v) is 4.70. The Morgan fingerprint density at radius 2 is 1.73 bits per heavy atom. The second kappa shape index (κ2) is 8.23.